The molecule has 0 radical (unpaired) electrons. The maximum atomic E-state index is 13.1. The topological polar surface area (TPSA) is 108 Å². The van der Waals surface area contributed by atoms with Crippen LogP contribution in [0.1, 0.15) is 61.6 Å². The fourth-order valence-corrected chi connectivity index (χ4v) is 6.25. The first kappa shape index (κ1) is 29.3. The van der Waals surface area contributed by atoms with E-state index in [1.807, 2.05) is 49.4 Å². The van der Waals surface area contributed by atoms with Crippen molar-refractivity contribution >= 4 is 18.0 Å². The second kappa shape index (κ2) is 13.2. The molecule has 1 saturated heterocycles. The number of likely N-dealkylation sites (tertiary alicyclic amines) is 1. The maximum Gasteiger partial charge on any atom is 0.407 e. The summed E-state index contributed by atoms with van der Waals surface area (Å²) in [6, 6.07) is 25.9. The van der Waals surface area contributed by atoms with Crippen LogP contribution >= 0.6 is 0 Å². The van der Waals surface area contributed by atoms with Gasteiger partial charge >= 0.3 is 12.1 Å². The van der Waals surface area contributed by atoms with Crippen molar-refractivity contribution in [2.24, 2.45) is 0 Å². The molecule has 3 aromatic rings. The molecule has 1 unspecified atom stereocenters. The average molecular weight is 570 g/mol. The van der Waals surface area contributed by atoms with Crippen molar-refractivity contribution in [3.8, 4) is 11.1 Å². The Morgan fingerprint density at radius 3 is 2.12 bits per heavy atom. The van der Waals surface area contributed by atoms with Crippen LogP contribution in [-0.4, -0.2) is 59.3 Å². The van der Waals surface area contributed by atoms with E-state index in [0.717, 1.165) is 35.2 Å². The average Bonchev–Trinajstić information content (AvgIpc) is 3.31. The van der Waals surface area contributed by atoms with Crippen molar-refractivity contribution < 1.29 is 24.2 Å². The molecule has 0 saturated carbocycles. The largest absolute Gasteiger partial charge is 0.480 e. The SMILES string of the molecule is CCCC(CC(=O)NC1(C(=O)O)CCN(Cc2ccccc2)CC1)NC(=O)OCC1c2ccccc2-c2ccccc21. The number of nitrogens with one attached hydrogen (secondary N) is 2. The van der Waals surface area contributed by atoms with Crippen LogP contribution in [0.3, 0.4) is 0 Å². The van der Waals surface area contributed by atoms with Crippen molar-refractivity contribution in [1.82, 2.24) is 15.5 Å². The van der Waals surface area contributed by atoms with Gasteiger partial charge in [-0.1, -0.05) is 92.2 Å². The molecule has 5 rings (SSSR count). The molecule has 8 heteroatoms. The van der Waals surface area contributed by atoms with Crippen molar-refractivity contribution in [2.45, 2.75) is 63.1 Å². The van der Waals surface area contributed by atoms with Crippen LogP contribution in [0.25, 0.3) is 11.1 Å². The molecule has 2 aliphatic rings. The molecule has 3 aromatic carbocycles. The smallest absolute Gasteiger partial charge is 0.407 e. The number of hydrogen-bond donors (Lipinski definition) is 3. The first-order valence-corrected chi connectivity index (χ1v) is 14.8. The minimum atomic E-state index is -1.31. The molecule has 220 valence electrons. The molecule has 1 atom stereocenters. The summed E-state index contributed by atoms with van der Waals surface area (Å²) >= 11 is 0. The van der Waals surface area contributed by atoms with Gasteiger partial charge in [-0.05, 0) is 47.1 Å². The zero-order valence-electron chi connectivity index (χ0n) is 24.1. The summed E-state index contributed by atoms with van der Waals surface area (Å²) in [4.78, 5) is 40.5. The van der Waals surface area contributed by atoms with E-state index in [2.05, 4.69) is 51.9 Å². The number of carboxylic acids is 1. The Morgan fingerprint density at radius 1 is 0.929 bits per heavy atom. The van der Waals surface area contributed by atoms with Gasteiger partial charge in [0, 0.05) is 38.0 Å². The van der Waals surface area contributed by atoms with E-state index in [0.29, 0.717) is 32.4 Å². The van der Waals surface area contributed by atoms with Crippen molar-refractivity contribution in [1.29, 1.82) is 0 Å². The van der Waals surface area contributed by atoms with Crippen LogP contribution in [0.2, 0.25) is 0 Å². The number of fused-ring (bicyclic) bond motifs is 3. The third kappa shape index (κ3) is 6.65. The first-order valence-electron chi connectivity index (χ1n) is 14.8. The molecule has 1 heterocycles. The van der Waals surface area contributed by atoms with E-state index in [-0.39, 0.29) is 24.9 Å². The lowest BCUT2D eigenvalue weighted by molar-refractivity contribution is -0.150. The molecule has 3 N–H and O–H groups in total. The molecule has 2 amide bonds. The van der Waals surface area contributed by atoms with E-state index in [9.17, 15) is 19.5 Å². The van der Waals surface area contributed by atoms with E-state index in [1.54, 1.807) is 0 Å². The van der Waals surface area contributed by atoms with Gasteiger partial charge in [-0.25, -0.2) is 9.59 Å². The lowest BCUT2D eigenvalue weighted by Gasteiger charge is -2.39. The van der Waals surface area contributed by atoms with Crippen LogP contribution in [-0.2, 0) is 20.9 Å². The zero-order chi connectivity index (χ0) is 29.5. The highest BCUT2D eigenvalue weighted by Crippen LogP contribution is 2.44. The number of carboxylic acid groups (broad SMARTS) is 1. The molecule has 8 nitrogen and oxygen atoms in total. The highest BCUT2D eigenvalue weighted by Gasteiger charge is 2.43. The number of alkyl carbamates (subject to hydrolysis) is 1. The Balaban J connectivity index is 1.15. The predicted molar refractivity (Wildman–Crippen MR) is 161 cm³/mol. The lowest BCUT2D eigenvalue weighted by atomic mass is 9.87. The van der Waals surface area contributed by atoms with Crippen molar-refractivity contribution in [3.05, 3.63) is 95.6 Å². The quantitative estimate of drug-likeness (QED) is 0.289. The van der Waals surface area contributed by atoms with Gasteiger partial charge in [-0.15, -0.1) is 0 Å². The number of ether oxygens (including phenoxy) is 1. The summed E-state index contributed by atoms with van der Waals surface area (Å²) in [6.45, 7) is 4.04. The fraction of sp³-hybridized carbons (Fsp3) is 0.382. The van der Waals surface area contributed by atoms with Gasteiger partial charge in [0.25, 0.3) is 0 Å². The standard InChI is InChI=1S/C34H39N3O5/c1-2-10-25(35-33(41)42-23-30-28-15-8-6-13-26(28)27-14-7-9-16-29(27)30)21-31(38)36-34(32(39)40)17-19-37(20-18-34)22-24-11-4-3-5-12-24/h3-9,11-16,25,30H,2,10,17-23H2,1H3,(H,35,41)(H,36,38)(H,39,40). The second-order valence-corrected chi connectivity index (χ2v) is 11.4. The van der Waals surface area contributed by atoms with Crippen molar-refractivity contribution in [2.75, 3.05) is 19.7 Å². The van der Waals surface area contributed by atoms with Gasteiger partial charge in [0.05, 0.1) is 0 Å². The summed E-state index contributed by atoms with van der Waals surface area (Å²) in [5, 5.41) is 15.8. The van der Waals surface area contributed by atoms with Crippen LogP contribution in [0.15, 0.2) is 78.9 Å². The number of hydrogen-bond acceptors (Lipinski definition) is 5. The van der Waals surface area contributed by atoms with E-state index in [1.165, 1.54) is 5.56 Å². The Morgan fingerprint density at radius 2 is 1.52 bits per heavy atom. The molecule has 0 bridgehead atoms. The van der Waals surface area contributed by atoms with Crippen LogP contribution in [0.5, 0.6) is 0 Å². The molecule has 0 aromatic heterocycles. The zero-order valence-corrected chi connectivity index (χ0v) is 24.1. The number of piperidine rings is 1. The minimum Gasteiger partial charge on any atom is -0.480 e. The third-order valence-electron chi connectivity index (χ3n) is 8.48. The highest BCUT2D eigenvalue weighted by molar-refractivity contribution is 5.87. The van der Waals surface area contributed by atoms with Crippen LogP contribution in [0.4, 0.5) is 4.79 Å². The van der Waals surface area contributed by atoms with Gasteiger partial charge in [-0.2, -0.15) is 0 Å². The number of benzene rings is 3. The Labute approximate surface area is 247 Å². The molecular formula is C34H39N3O5. The first-order chi connectivity index (χ1) is 20.4. The van der Waals surface area contributed by atoms with Crippen molar-refractivity contribution in [3.63, 3.8) is 0 Å². The summed E-state index contributed by atoms with van der Waals surface area (Å²) in [5.74, 6) is -1.46. The molecule has 1 fully saturated rings. The van der Waals surface area contributed by atoms with E-state index in [4.69, 9.17) is 4.74 Å². The number of nitrogens with zero attached hydrogens (tertiary/aromatic N) is 1. The molecular weight excluding hydrogens is 530 g/mol. The fourth-order valence-electron chi connectivity index (χ4n) is 6.25. The number of amides is 2. The summed E-state index contributed by atoms with van der Waals surface area (Å²) in [7, 11) is 0. The number of carbonyl (C=O) groups is 3. The summed E-state index contributed by atoms with van der Waals surface area (Å²) < 4.78 is 5.69. The van der Waals surface area contributed by atoms with Crippen LogP contribution < -0.4 is 10.6 Å². The van der Waals surface area contributed by atoms with E-state index >= 15 is 0 Å². The van der Waals surface area contributed by atoms with Gasteiger partial charge in [0.15, 0.2) is 0 Å². The molecule has 1 aliphatic carbocycles. The van der Waals surface area contributed by atoms with Gasteiger partial charge in [0.2, 0.25) is 5.91 Å². The number of aliphatic carboxylic acids is 1. The lowest BCUT2D eigenvalue weighted by Crippen LogP contribution is -2.60. The monoisotopic (exact) mass is 569 g/mol. The molecule has 0 spiro atoms. The Bertz CT molecular complexity index is 1360. The molecule has 42 heavy (non-hydrogen) atoms. The number of rotatable bonds is 11. The third-order valence-corrected chi connectivity index (χ3v) is 8.48. The highest BCUT2D eigenvalue weighted by atomic mass is 16.5. The molecule has 1 aliphatic heterocycles. The second-order valence-electron chi connectivity index (χ2n) is 11.4. The van der Waals surface area contributed by atoms with Gasteiger partial charge < -0.3 is 20.5 Å². The summed E-state index contributed by atoms with van der Waals surface area (Å²) in [5.41, 5.74) is 4.42. The minimum absolute atomic E-state index is 0.0131. The normalized spacial score (nSPS) is 16.6. The Kier molecular flexibility index (Phi) is 9.22. The maximum absolute atomic E-state index is 13.1. The Hall–Kier alpha value is -4.17. The predicted octanol–water partition coefficient (Wildman–Crippen LogP) is 5.32. The number of carbonyl (C=O) groups excluding carboxylic acids is 2. The van der Waals surface area contributed by atoms with Gasteiger partial charge in [-0.3, -0.25) is 9.69 Å². The van der Waals surface area contributed by atoms with Crippen LogP contribution in [0, 0.1) is 0 Å². The van der Waals surface area contributed by atoms with E-state index < -0.39 is 23.6 Å². The summed E-state index contributed by atoms with van der Waals surface area (Å²) in [6.07, 6.45) is 1.37. The van der Waals surface area contributed by atoms with Gasteiger partial charge in [0.1, 0.15) is 12.1 Å².